The molecule has 2 saturated heterocycles. The van der Waals surface area contributed by atoms with E-state index in [0.717, 1.165) is 26.1 Å². The standard InChI is InChI=1S/C11H21N3O/c1-14-8-10(4-5-11(14)15)13-9-3-2-6-12-7-9/h9-10,12-13H,2-8H2,1H3. The second-order valence-corrected chi connectivity index (χ2v) is 4.72. The first-order valence-corrected chi connectivity index (χ1v) is 5.96. The van der Waals surface area contributed by atoms with Crippen molar-refractivity contribution in [1.29, 1.82) is 0 Å². The first-order valence-electron chi connectivity index (χ1n) is 5.96. The highest BCUT2D eigenvalue weighted by molar-refractivity contribution is 5.76. The molecule has 4 heteroatoms. The van der Waals surface area contributed by atoms with E-state index < -0.39 is 0 Å². The largest absolute Gasteiger partial charge is 0.344 e. The Morgan fingerprint density at radius 3 is 2.93 bits per heavy atom. The third-order valence-electron chi connectivity index (χ3n) is 3.39. The summed E-state index contributed by atoms with van der Waals surface area (Å²) in [6.45, 7) is 3.10. The molecule has 0 aromatic rings. The molecule has 86 valence electrons. The summed E-state index contributed by atoms with van der Waals surface area (Å²) in [6, 6.07) is 1.10. The molecule has 2 heterocycles. The number of likely N-dealkylation sites (tertiary alicyclic amines) is 1. The predicted molar refractivity (Wildman–Crippen MR) is 59.7 cm³/mol. The van der Waals surface area contributed by atoms with Crippen molar-refractivity contribution in [2.45, 2.75) is 37.8 Å². The molecule has 2 atom stereocenters. The molecule has 0 aliphatic carbocycles. The minimum atomic E-state index is 0.287. The third kappa shape index (κ3) is 2.92. The Labute approximate surface area is 91.4 Å². The second kappa shape index (κ2) is 4.94. The number of carbonyl (C=O) groups is 1. The molecular weight excluding hydrogens is 190 g/mol. The number of hydrogen-bond acceptors (Lipinski definition) is 3. The summed E-state index contributed by atoms with van der Waals surface area (Å²) >= 11 is 0. The third-order valence-corrected chi connectivity index (χ3v) is 3.39. The van der Waals surface area contributed by atoms with Gasteiger partial charge < -0.3 is 15.5 Å². The first-order chi connectivity index (χ1) is 7.25. The van der Waals surface area contributed by atoms with Gasteiger partial charge >= 0.3 is 0 Å². The van der Waals surface area contributed by atoms with Crippen molar-refractivity contribution >= 4 is 5.91 Å². The van der Waals surface area contributed by atoms with Crippen LogP contribution in [0.2, 0.25) is 0 Å². The monoisotopic (exact) mass is 211 g/mol. The number of carbonyl (C=O) groups excluding carboxylic acids is 1. The zero-order valence-corrected chi connectivity index (χ0v) is 9.46. The van der Waals surface area contributed by atoms with E-state index >= 15 is 0 Å². The van der Waals surface area contributed by atoms with E-state index in [2.05, 4.69) is 10.6 Å². The summed E-state index contributed by atoms with van der Waals surface area (Å²) in [5.41, 5.74) is 0. The fourth-order valence-corrected chi connectivity index (χ4v) is 2.48. The van der Waals surface area contributed by atoms with Crippen LogP contribution < -0.4 is 10.6 Å². The molecule has 2 unspecified atom stereocenters. The van der Waals surface area contributed by atoms with Gasteiger partial charge in [-0.3, -0.25) is 4.79 Å². The molecule has 0 spiro atoms. The molecule has 4 nitrogen and oxygen atoms in total. The maximum absolute atomic E-state index is 11.3. The molecule has 1 amide bonds. The molecule has 2 aliphatic heterocycles. The predicted octanol–water partition coefficient (Wildman–Crippen LogP) is -0.0512. The number of nitrogens with one attached hydrogen (secondary N) is 2. The highest BCUT2D eigenvalue weighted by atomic mass is 16.2. The van der Waals surface area contributed by atoms with Crippen molar-refractivity contribution in [3.8, 4) is 0 Å². The van der Waals surface area contributed by atoms with E-state index in [9.17, 15) is 4.79 Å². The first kappa shape index (κ1) is 10.9. The molecule has 2 rings (SSSR count). The number of amides is 1. The van der Waals surface area contributed by atoms with Gasteiger partial charge in [0, 0.05) is 38.6 Å². The molecule has 0 bridgehead atoms. The molecule has 0 aromatic heterocycles. The lowest BCUT2D eigenvalue weighted by molar-refractivity contribution is -0.132. The summed E-state index contributed by atoms with van der Waals surface area (Å²) in [5.74, 6) is 0.287. The molecule has 0 aromatic carbocycles. The lowest BCUT2D eigenvalue weighted by Gasteiger charge is -2.34. The lowest BCUT2D eigenvalue weighted by atomic mass is 10.0. The van der Waals surface area contributed by atoms with Crippen LogP contribution in [0.15, 0.2) is 0 Å². The van der Waals surface area contributed by atoms with Crippen molar-refractivity contribution in [2.24, 2.45) is 0 Å². The Morgan fingerprint density at radius 1 is 1.40 bits per heavy atom. The van der Waals surface area contributed by atoms with Crippen LogP contribution in [-0.2, 0) is 4.79 Å². The molecule has 0 radical (unpaired) electrons. The summed E-state index contributed by atoms with van der Waals surface area (Å²) in [7, 11) is 1.90. The Kier molecular flexibility index (Phi) is 3.59. The maximum atomic E-state index is 11.3. The topological polar surface area (TPSA) is 44.4 Å². The van der Waals surface area contributed by atoms with Crippen molar-refractivity contribution < 1.29 is 4.79 Å². The Balaban J connectivity index is 1.76. The van der Waals surface area contributed by atoms with E-state index in [1.54, 1.807) is 0 Å². The van der Waals surface area contributed by atoms with E-state index in [-0.39, 0.29) is 5.91 Å². The minimum Gasteiger partial charge on any atom is -0.344 e. The lowest BCUT2D eigenvalue weighted by Crippen LogP contribution is -2.53. The van der Waals surface area contributed by atoms with Crippen LogP contribution >= 0.6 is 0 Å². The second-order valence-electron chi connectivity index (χ2n) is 4.72. The number of likely N-dealkylation sites (N-methyl/N-ethyl adjacent to an activating group) is 1. The van der Waals surface area contributed by atoms with Gasteiger partial charge in [0.25, 0.3) is 0 Å². The Hall–Kier alpha value is -0.610. The van der Waals surface area contributed by atoms with Gasteiger partial charge in [0.15, 0.2) is 0 Å². The molecule has 0 saturated carbocycles. The van der Waals surface area contributed by atoms with Gasteiger partial charge in [0.2, 0.25) is 5.91 Å². The van der Waals surface area contributed by atoms with E-state index in [1.165, 1.54) is 12.8 Å². The van der Waals surface area contributed by atoms with Crippen LogP contribution in [-0.4, -0.2) is 49.6 Å². The van der Waals surface area contributed by atoms with Gasteiger partial charge in [-0.2, -0.15) is 0 Å². The summed E-state index contributed by atoms with van der Waals surface area (Å²) in [5, 5.41) is 7.05. The summed E-state index contributed by atoms with van der Waals surface area (Å²) in [4.78, 5) is 13.2. The van der Waals surface area contributed by atoms with E-state index in [4.69, 9.17) is 0 Å². The molecular formula is C11H21N3O. The minimum absolute atomic E-state index is 0.287. The zero-order chi connectivity index (χ0) is 10.7. The van der Waals surface area contributed by atoms with Gasteiger partial charge in [-0.05, 0) is 25.8 Å². The molecule has 2 fully saturated rings. The van der Waals surface area contributed by atoms with Crippen molar-refractivity contribution in [2.75, 3.05) is 26.7 Å². The number of nitrogens with zero attached hydrogens (tertiary/aromatic N) is 1. The van der Waals surface area contributed by atoms with Crippen LogP contribution in [0.25, 0.3) is 0 Å². The number of piperidine rings is 2. The van der Waals surface area contributed by atoms with Crippen LogP contribution in [0, 0.1) is 0 Å². The van der Waals surface area contributed by atoms with Gasteiger partial charge in [-0.1, -0.05) is 0 Å². The Bertz CT molecular complexity index is 226. The molecule has 15 heavy (non-hydrogen) atoms. The average Bonchev–Trinajstić information content (AvgIpc) is 2.25. The average molecular weight is 211 g/mol. The smallest absolute Gasteiger partial charge is 0.222 e. The van der Waals surface area contributed by atoms with Crippen molar-refractivity contribution in [3.05, 3.63) is 0 Å². The number of hydrogen-bond donors (Lipinski definition) is 2. The van der Waals surface area contributed by atoms with E-state index in [1.807, 2.05) is 11.9 Å². The van der Waals surface area contributed by atoms with Crippen LogP contribution in [0.5, 0.6) is 0 Å². The highest BCUT2D eigenvalue weighted by Gasteiger charge is 2.25. The van der Waals surface area contributed by atoms with Gasteiger partial charge in [0.05, 0.1) is 0 Å². The van der Waals surface area contributed by atoms with Gasteiger partial charge in [0.1, 0.15) is 0 Å². The normalized spacial score (nSPS) is 33.1. The summed E-state index contributed by atoms with van der Waals surface area (Å²) in [6.07, 6.45) is 4.23. The Morgan fingerprint density at radius 2 is 2.27 bits per heavy atom. The SMILES string of the molecule is CN1CC(NC2CCCNC2)CCC1=O. The zero-order valence-electron chi connectivity index (χ0n) is 9.46. The van der Waals surface area contributed by atoms with E-state index in [0.29, 0.717) is 18.5 Å². The molecule has 2 N–H and O–H groups in total. The number of rotatable bonds is 2. The fourth-order valence-electron chi connectivity index (χ4n) is 2.48. The quantitative estimate of drug-likeness (QED) is 0.673. The fraction of sp³-hybridized carbons (Fsp3) is 0.909. The van der Waals surface area contributed by atoms with Crippen molar-refractivity contribution in [1.82, 2.24) is 15.5 Å². The maximum Gasteiger partial charge on any atom is 0.222 e. The molecule has 2 aliphatic rings. The van der Waals surface area contributed by atoms with Crippen LogP contribution in [0.3, 0.4) is 0 Å². The highest BCUT2D eigenvalue weighted by Crippen LogP contribution is 2.12. The van der Waals surface area contributed by atoms with Crippen LogP contribution in [0.4, 0.5) is 0 Å². The van der Waals surface area contributed by atoms with Gasteiger partial charge in [-0.15, -0.1) is 0 Å². The van der Waals surface area contributed by atoms with Gasteiger partial charge in [-0.25, -0.2) is 0 Å². The summed E-state index contributed by atoms with van der Waals surface area (Å²) < 4.78 is 0. The van der Waals surface area contributed by atoms with Crippen molar-refractivity contribution in [3.63, 3.8) is 0 Å². The van der Waals surface area contributed by atoms with Crippen LogP contribution in [0.1, 0.15) is 25.7 Å².